The zero-order chi connectivity index (χ0) is 24.0. The summed E-state index contributed by atoms with van der Waals surface area (Å²) in [6.45, 7) is 9.10. The fraction of sp³-hybridized carbons (Fsp3) is 0.667. The van der Waals surface area contributed by atoms with Gasteiger partial charge in [0.1, 0.15) is 11.5 Å². The molecule has 6 atom stereocenters. The molecule has 2 aliphatic heterocycles. The largest absolute Gasteiger partial charge is 0.507 e. The van der Waals surface area contributed by atoms with Gasteiger partial charge in [-0.2, -0.15) is 0 Å². The van der Waals surface area contributed by atoms with Gasteiger partial charge in [-0.1, -0.05) is 34.6 Å². The van der Waals surface area contributed by atoms with E-state index in [1.54, 1.807) is 13.8 Å². The van der Waals surface area contributed by atoms with Crippen molar-refractivity contribution in [2.45, 2.75) is 84.1 Å². The number of aliphatic hydroxyl groups is 2. The predicted molar refractivity (Wildman–Crippen MR) is 116 cm³/mol. The van der Waals surface area contributed by atoms with E-state index in [4.69, 9.17) is 9.47 Å². The number of ether oxygens (including phenoxy) is 2. The maximum atomic E-state index is 13.5. The lowest BCUT2D eigenvalue weighted by Gasteiger charge is -2.39. The number of ketones is 2. The minimum absolute atomic E-state index is 0.0369. The number of aromatic hydroxyl groups is 2. The maximum Gasteiger partial charge on any atom is 0.189 e. The molecule has 4 N–H and O–H groups in total. The smallest absolute Gasteiger partial charge is 0.189 e. The zero-order valence-electron chi connectivity index (χ0n) is 19.2. The Balaban J connectivity index is 1.93. The summed E-state index contributed by atoms with van der Waals surface area (Å²) in [5.41, 5.74) is -1.29. The molecule has 0 unspecified atom stereocenters. The van der Waals surface area contributed by atoms with Crippen LogP contribution < -0.4 is 0 Å². The van der Waals surface area contributed by atoms with Crippen LogP contribution in [0.1, 0.15) is 74.6 Å². The Morgan fingerprint density at radius 2 is 1.66 bits per heavy atom. The van der Waals surface area contributed by atoms with Crippen LogP contribution in [0.25, 0.3) is 0 Å². The normalized spacial score (nSPS) is 30.7. The SMILES string of the molecule is CC[C@@H]1O[C@@]12[C@H](O)C[C@H]([C@@H](CC(C)C)C(=O)c1cc(C(=O)C(C)C)c(O)cc1O)O[C@H]2O. The van der Waals surface area contributed by atoms with Gasteiger partial charge >= 0.3 is 0 Å². The third kappa shape index (κ3) is 4.29. The third-order valence-corrected chi connectivity index (χ3v) is 6.51. The van der Waals surface area contributed by atoms with Crippen LogP contribution in [0.3, 0.4) is 0 Å². The average Bonchev–Trinajstić information content (AvgIpc) is 3.45. The number of epoxide rings is 1. The molecule has 178 valence electrons. The Bertz CT molecular complexity index is 865. The fourth-order valence-corrected chi connectivity index (χ4v) is 4.70. The molecule has 2 heterocycles. The van der Waals surface area contributed by atoms with Crippen molar-refractivity contribution in [3.63, 3.8) is 0 Å². The van der Waals surface area contributed by atoms with Crippen molar-refractivity contribution in [1.82, 2.24) is 0 Å². The van der Waals surface area contributed by atoms with E-state index in [9.17, 15) is 30.0 Å². The second-order valence-electron chi connectivity index (χ2n) is 9.65. The molecule has 8 nitrogen and oxygen atoms in total. The van der Waals surface area contributed by atoms with Crippen molar-refractivity contribution in [2.24, 2.45) is 17.8 Å². The van der Waals surface area contributed by atoms with E-state index in [0.717, 1.165) is 6.07 Å². The molecule has 8 heteroatoms. The molecule has 0 aliphatic carbocycles. The Kier molecular flexibility index (Phi) is 7.00. The summed E-state index contributed by atoms with van der Waals surface area (Å²) < 4.78 is 11.4. The van der Waals surface area contributed by atoms with Crippen molar-refractivity contribution in [3.8, 4) is 11.5 Å². The van der Waals surface area contributed by atoms with E-state index in [0.29, 0.717) is 12.8 Å². The van der Waals surface area contributed by atoms with Gasteiger partial charge in [0, 0.05) is 24.3 Å². The van der Waals surface area contributed by atoms with Gasteiger partial charge < -0.3 is 29.9 Å². The molecule has 1 aromatic carbocycles. The van der Waals surface area contributed by atoms with Crippen molar-refractivity contribution < 1.29 is 39.5 Å². The molecule has 32 heavy (non-hydrogen) atoms. The minimum Gasteiger partial charge on any atom is -0.507 e. The van der Waals surface area contributed by atoms with E-state index in [-0.39, 0.29) is 35.4 Å². The van der Waals surface area contributed by atoms with Gasteiger partial charge in [0.2, 0.25) is 0 Å². The monoisotopic (exact) mass is 450 g/mol. The van der Waals surface area contributed by atoms with Crippen LogP contribution in [0, 0.1) is 17.8 Å². The Hall–Kier alpha value is -2.00. The number of phenolic OH excluding ortho intramolecular Hbond substituents is 2. The number of hydrogen-bond donors (Lipinski definition) is 4. The number of carbonyl (C=O) groups is 2. The highest BCUT2D eigenvalue weighted by Gasteiger charge is 2.68. The molecule has 1 aromatic rings. The zero-order valence-corrected chi connectivity index (χ0v) is 19.2. The van der Waals surface area contributed by atoms with Gasteiger partial charge in [0.05, 0.1) is 29.4 Å². The lowest BCUT2D eigenvalue weighted by Crippen LogP contribution is -2.55. The quantitative estimate of drug-likeness (QED) is 0.351. The Morgan fingerprint density at radius 3 is 2.12 bits per heavy atom. The first-order valence-electron chi connectivity index (χ1n) is 11.3. The highest BCUT2D eigenvalue weighted by Crippen LogP contribution is 2.50. The fourth-order valence-electron chi connectivity index (χ4n) is 4.70. The van der Waals surface area contributed by atoms with Crippen LogP contribution in [0.4, 0.5) is 0 Å². The van der Waals surface area contributed by atoms with Crippen LogP contribution in [0.2, 0.25) is 0 Å². The summed E-state index contributed by atoms with van der Waals surface area (Å²) >= 11 is 0. The summed E-state index contributed by atoms with van der Waals surface area (Å²) in [5, 5.41) is 41.9. The topological polar surface area (TPSA) is 137 Å². The Morgan fingerprint density at radius 1 is 1.06 bits per heavy atom. The van der Waals surface area contributed by atoms with Gasteiger partial charge in [-0.15, -0.1) is 0 Å². The van der Waals surface area contributed by atoms with Gasteiger partial charge in [0.15, 0.2) is 23.5 Å². The first-order chi connectivity index (χ1) is 14.9. The highest BCUT2D eigenvalue weighted by molar-refractivity contribution is 6.06. The molecular weight excluding hydrogens is 416 g/mol. The number of aliphatic hydroxyl groups excluding tert-OH is 2. The molecular formula is C24H34O8. The Labute approximate surface area is 188 Å². The first-order valence-corrected chi connectivity index (χ1v) is 11.3. The molecule has 0 saturated carbocycles. The molecule has 2 aliphatic rings. The number of Topliss-reactive ketones (excluding diaryl/α,β-unsaturated/α-hetero) is 2. The number of carbonyl (C=O) groups excluding carboxylic acids is 2. The van der Waals surface area contributed by atoms with Crippen LogP contribution in [0.15, 0.2) is 12.1 Å². The van der Waals surface area contributed by atoms with Crippen molar-refractivity contribution in [3.05, 3.63) is 23.3 Å². The predicted octanol–water partition coefficient (Wildman–Crippen LogP) is 2.80. The second kappa shape index (κ2) is 9.09. The minimum atomic E-state index is -1.38. The number of phenols is 2. The lowest BCUT2D eigenvalue weighted by molar-refractivity contribution is -0.239. The van der Waals surface area contributed by atoms with Gasteiger partial charge in [0.25, 0.3) is 0 Å². The van der Waals surface area contributed by atoms with Crippen molar-refractivity contribution >= 4 is 11.6 Å². The van der Waals surface area contributed by atoms with Crippen LogP contribution in [-0.2, 0) is 9.47 Å². The maximum absolute atomic E-state index is 13.5. The van der Waals surface area contributed by atoms with E-state index in [1.165, 1.54) is 6.07 Å². The van der Waals surface area contributed by atoms with E-state index >= 15 is 0 Å². The first kappa shape index (κ1) is 24.6. The summed E-state index contributed by atoms with van der Waals surface area (Å²) in [4.78, 5) is 26.0. The van der Waals surface area contributed by atoms with Crippen LogP contribution in [0.5, 0.6) is 11.5 Å². The third-order valence-electron chi connectivity index (χ3n) is 6.51. The van der Waals surface area contributed by atoms with E-state index < -0.39 is 53.2 Å². The number of hydrogen-bond acceptors (Lipinski definition) is 8. The highest BCUT2D eigenvalue weighted by atomic mass is 16.7. The molecule has 0 bridgehead atoms. The molecule has 0 aromatic heterocycles. The number of rotatable bonds is 8. The van der Waals surface area contributed by atoms with Crippen LogP contribution in [-0.4, -0.2) is 62.2 Å². The molecule has 0 radical (unpaired) electrons. The summed E-state index contributed by atoms with van der Waals surface area (Å²) in [5.74, 6) is -2.77. The van der Waals surface area contributed by atoms with E-state index in [1.807, 2.05) is 20.8 Å². The molecule has 0 amide bonds. The van der Waals surface area contributed by atoms with Gasteiger partial charge in [-0.3, -0.25) is 9.59 Å². The second-order valence-corrected chi connectivity index (χ2v) is 9.65. The van der Waals surface area contributed by atoms with Crippen molar-refractivity contribution in [2.75, 3.05) is 0 Å². The molecule has 2 saturated heterocycles. The summed E-state index contributed by atoms with van der Waals surface area (Å²) in [6.07, 6.45) is -2.41. The van der Waals surface area contributed by atoms with Gasteiger partial charge in [-0.05, 0) is 24.8 Å². The summed E-state index contributed by atoms with van der Waals surface area (Å²) in [6, 6.07) is 2.22. The van der Waals surface area contributed by atoms with E-state index in [2.05, 4.69) is 0 Å². The summed E-state index contributed by atoms with van der Waals surface area (Å²) in [7, 11) is 0. The molecule has 2 fully saturated rings. The lowest BCUT2D eigenvalue weighted by atomic mass is 9.79. The van der Waals surface area contributed by atoms with Crippen molar-refractivity contribution in [1.29, 1.82) is 0 Å². The standard InChI is InChI=1S/C24H34O8/c1-6-20-24(32-20)19(27)10-18(31-23(24)30)15(7-11(2)3)22(29)14-8-13(21(28)12(4)5)16(25)9-17(14)26/h8-9,11-12,15,18-20,23,25-27,30H,6-7,10H2,1-5H3/t15-,18-,19-,20+,23-,24+/m1/s1. The molecule has 3 rings (SSSR count). The van der Waals surface area contributed by atoms with Gasteiger partial charge in [-0.25, -0.2) is 0 Å². The number of benzene rings is 1. The molecule has 1 spiro atoms. The van der Waals surface area contributed by atoms with Crippen LogP contribution >= 0.6 is 0 Å². The average molecular weight is 451 g/mol.